The molecule has 2 N–H and O–H groups in total. The molecule has 2 aliphatic heterocycles. The highest BCUT2D eigenvalue weighted by atomic mass is 19.1. The summed E-state index contributed by atoms with van der Waals surface area (Å²) in [6.07, 6.45) is -0.605. The first-order chi connectivity index (χ1) is 9.10. The number of benzene rings is 1. The van der Waals surface area contributed by atoms with Crippen molar-refractivity contribution in [3.63, 3.8) is 0 Å². The molecule has 0 spiro atoms. The van der Waals surface area contributed by atoms with Crippen molar-refractivity contribution in [3.05, 3.63) is 17.7 Å². The van der Waals surface area contributed by atoms with Gasteiger partial charge < -0.3 is 20.1 Å². The first-order valence-electron chi connectivity index (χ1n) is 6.20. The molecule has 2 atom stereocenters. The fourth-order valence-corrected chi connectivity index (χ4v) is 2.74. The lowest BCUT2D eigenvalue weighted by Gasteiger charge is -2.20. The minimum atomic E-state index is -0.962. The fourth-order valence-electron chi connectivity index (χ4n) is 2.74. The minimum absolute atomic E-state index is 0.0213. The summed E-state index contributed by atoms with van der Waals surface area (Å²) in [5.74, 6) is -0.00114. The summed E-state index contributed by atoms with van der Waals surface area (Å²) >= 11 is 0. The van der Waals surface area contributed by atoms with Gasteiger partial charge in [0.2, 0.25) is 0 Å². The molecule has 6 heteroatoms. The maximum absolute atomic E-state index is 13.4. The first kappa shape index (κ1) is 12.1. The summed E-state index contributed by atoms with van der Waals surface area (Å²) in [7, 11) is 1.42. The van der Waals surface area contributed by atoms with Crippen molar-refractivity contribution in [2.45, 2.75) is 18.6 Å². The van der Waals surface area contributed by atoms with E-state index in [-0.39, 0.29) is 30.0 Å². The van der Waals surface area contributed by atoms with E-state index >= 15 is 0 Å². The van der Waals surface area contributed by atoms with Crippen LogP contribution in [0.3, 0.4) is 0 Å². The Morgan fingerprint density at radius 1 is 1.53 bits per heavy atom. The largest absolute Gasteiger partial charge is 0.504 e. The van der Waals surface area contributed by atoms with Gasteiger partial charge in [-0.05, 0) is 6.07 Å². The standard InChI is InChI=1S/C13H15FN2O3/c1-19-12-3-9-10(4-11(12)17)15-5-8-2-7(14)6-16(8)13(9)18/h3-4,7-8,15,17H,2,5-6H2,1H3/t7-,8+/m1/s1. The van der Waals surface area contributed by atoms with Crippen LogP contribution in [0.5, 0.6) is 11.5 Å². The molecule has 0 aliphatic carbocycles. The third-order valence-corrected chi connectivity index (χ3v) is 3.70. The van der Waals surface area contributed by atoms with Crippen LogP contribution in [0.2, 0.25) is 0 Å². The molecule has 2 aliphatic rings. The number of fused-ring (bicyclic) bond motifs is 2. The summed E-state index contributed by atoms with van der Waals surface area (Å²) in [6, 6.07) is 2.83. The minimum Gasteiger partial charge on any atom is -0.504 e. The second kappa shape index (κ2) is 4.29. The van der Waals surface area contributed by atoms with Gasteiger partial charge in [-0.15, -0.1) is 0 Å². The molecule has 0 aromatic heterocycles. The van der Waals surface area contributed by atoms with E-state index in [0.29, 0.717) is 24.2 Å². The van der Waals surface area contributed by atoms with Crippen molar-refractivity contribution in [2.75, 3.05) is 25.5 Å². The molecule has 1 saturated heterocycles. The number of phenols is 1. The molecule has 1 aromatic rings. The van der Waals surface area contributed by atoms with Crippen LogP contribution < -0.4 is 10.1 Å². The number of rotatable bonds is 1. The number of hydrogen-bond acceptors (Lipinski definition) is 4. The van der Waals surface area contributed by atoms with Gasteiger partial charge in [-0.1, -0.05) is 0 Å². The van der Waals surface area contributed by atoms with Crippen LogP contribution in [-0.2, 0) is 0 Å². The number of carbonyl (C=O) groups is 1. The predicted molar refractivity (Wildman–Crippen MR) is 67.5 cm³/mol. The number of ether oxygens (including phenoxy) is 1. The Balaban J connectivity index is 2.03. The van der Waals surface area contributed by atoms with Crippen LogP contribution in [0, 0.1) is 0 Å². The van der Waals surface area contributed by atoms with E-state index in [0.717, 1.165) is 0 Å². The maximum Gasteiger partial charge on any atom is 0.256 e. The number of phenolic OH excluding ortho intramolecular Hbond substituents is 1. The Kier molecular flexibility index (Phi) is 2.73. The maximum atomic E-state index is 13.4. The van der Waals surface area contributed by atoms with E-state index in [1.54, 1.807) is 4.90 Å². The molecule has 1 amide bonds. The van der Waals surface area contributed by atoms with Crippen LogP contribution >= 0.6 is 0 Å². The van der Waals surface area contributed by atoms with E-state index in [2.05, 4.69) is 5.32 Å². The Morgan fingerprint density at radius 2 is 2.32 bits per heavy atom. The van der Waals surface area contributed by atoms with Crippen LogP contribution in [-0.4, -0.2) is 48.3 Å². The lowest BCUT2D eigenvalue weighted by molar-refractivity contribution is 0.0742. The number of anilines is 1. The Morgan fingerprint density at radius 3 is 3.05 bits per heavy atom. The van der Waals surface area contributed by atoms with Crippen molar-refractivity contribution in [2.24, 2.45) is 0 Å². The summed E-state index contributed by atoms with van der Waals surface area (Å²) < 4.78 is 18.4. The van der Waals surface area contributed by atoms with Crippen molar-refractivity contribution >= 4 is 11.6 Å². The molecule has 0 bridgehead atoms. The molecule has 1 fully saturated rings. The quantitative estimate of drug-likeness (QED) is 0.806. The van der Waals surface area contributed by atoms with Crippen LogP contribution in [0.25, 0.3) is 0 Å². The number of aromatic hydroxyl groups is 1. The van der Waals surface area contributed by atoms with E-state index in [9.17, 15) is 14.3 Å². The van der Waals surface area contributed by atoms with Gasteiger partial charge in [0.15, 0.2) is 11.5 Å². The number of nitrogens with zero attached hydrogens (tertiary/aromatic N) is 1. The molecule has 1 aromatic carbocycles. The number of hydrogen-bond donors (Lipinski definition) is 2. The highest BCUT2D eigenvalue weighted by Crippen LogP contribution is 2.36. The number of nitrogens with one attached hydrogen (secondary N) is 1. The van der Waals surface area contributed by atoms with Crippen molar-refractivity contribution in [1.82, 2.24) is 4.90 Å². The highest BCUT2D eigenvalue weighted by molar-refractivity contribution is 6.01. The monoisotopic (exact) mass is 266 g/mol. The molecular weight excluding hydrogens is 251 g/mol. The zero-order chi connectivity index (χ0) is 13.6. The van der Waals surface area contributed by atoms with Crippen LogP contribution in [0.1, 0.15) is 16.8 Å². The number of carbonyl (C=O) groups excluding carboxylic acids is 1. The second-order valence-corrected chi connectivity index (χ2v) is 4.89. The Labute approximate surface area is 110 Å². The van der Waals surface area contributed by atoms with E-state index in [4.69, 9.17) is 4.74 Å². The molecule has 0 saturated carbocycles. The first-order valence-corrected chi connectivity index (χ1v) is 6.20. The topological polar surface area (TPSA) is 61.8 Å². The summed E-state index contributed by atoms with van der Waals surface area (Å²) in [6.45, 7) is 0.624. The van der Waals surface area contributed by atoms with Gasteiger partial charge in [-0.3, -0.25) is 4.79 Å². The number of amides is 1. The van der Waals surface area contributed by atoms with Gasteiger partial charge in [0.1, 0.15) is 6.17 Å². The van der Waals surface area contributed by atoms with Crippen molar-refractivity contribution in [3.8, 4) is 11.5 Å². The van der Waals surface area contributed by atoms with Gasteiger partial charge in [0.25, 0.3) is 5.91 Å². The molecule has 19 heavy (non-hydrogen) atoms. The van der Waals surface area contributed by atoms with Gasteiger partial charge >= 0.3 is 0 Å². The van der Waals surface area contributed by atoms with E-state index in [1.165, 1.54) is 19.2 Å². The summed E-state index contributed by atoms with van der Waals surface area (Å²) in [4.78, 5) is 14.0. The number of alkyl halides is 1. The van der Waals surface area contributed by atoms with Gasteiger partial charge in [-0.2, -0.15) is 0 Å². The summed E-state index contributed by atoms with van der Waals surface area (Å²) in [5.41, 5.74) is 0.972. The average molecular weight is 266 g/mol. The lowest BCUT2D eigenvalue weighted by Crippen LogP contribution is -2.37. The molecular formula is C13H15FN2O3. The number of methoxy groups -OCH3 is 1. The van der Waals surface area contributed by atoms with E-state index < -0.39 is 6.17 Å². The molecule has 5 nitrogen and oxygen atoms in total. The molecule has 102 valence electrons. The zero-order valence-electron chi connectivity index (χ0n) is 10.5. The lowest BCUT2D eigenvalue weighted by atomic mass is 10.1. The van der Waals surface area contributed by atoms with Gasteiger partial charge in [-0.25, -0.2) is 4.39 Å². The summed E-state index contributed by atoms with van der Waals surface area (Å²) in [5, 5.41) is 12.8. The zero-order valence-corrected chi connectivity index (χ0v) is 10.5. The van der Waals surface area contributed by atoms with Crippen LogP contribution in [0.15, 0.2) is 12.1 Å². The fraction of sp³-hybridized carbons (Fsp3) is 0.462. The van der Waals surface area contributed by atoms with Crippen molar-refractivity contribution < 1.29 is 19.0 Å². The SMILES string of the molecule is COc1cc2c(cc1O)NC[C@@H]1C[C@@H](F)CN1C2=O. The highest BCUT2D eigenvalue weighted by Gasteiger charge is 2.38. The molecule has 2 heterocycles. The Bertz CT molecular complexity index is 535. The van der Waals surface area contributed by atoms with E-state index in [1.807, 2.05) is 0 Å². The smallest absolute Gasteiger partial charge is 0.256 e. The second-order valence-electron chi connectivity index (χ2n) is 4.89. The molecule has 3 rings (SSSR count). The average Bonchev–Trinajstić information content (AvgIpc) is 2.71. The number of halogens is 1. The Hall–Kier alpha value is -1.98. The van der Waals surface area contributed by atoms with Gasteiger partial charge in [0.05, 0.1) is 30.9 Å². The predicted octanol–water partition coefficient (Wildman–Crippen LogP) is 1.38. The van der Waals surface area contributed by atoms with Crippen LogP contribution in [0.4, 0.5) is 10.1 Å². The third kappa shape index (κ3) is 1.87. The molecule has 0 unspecified atom stereocenters. The normalized spacial score (nSPS) is 25.4. The third-order valence-electron chi connectivity index (χ3n) is 3.70. The van der Waals surface area contributed by atoms with Gasteiger partial charge in [0, 0.05) is 19.0 Å². The van der Waals surface area contributed by atoms with Crippen molar-refractivity contribution in [1.29, 1.82) is 0 Å². The molecule has 0 radical (unpaired) electrons.